The highest BCUT2D eigenvalue weighted by molar-refractivity contribution is 6.36. The minimum Gasteiger partial charge on any atom is -0.483 e. The van der Waals surface area contributed by atoms with Gasteiger partial charge in [0.1, 0.15) is 11.4 Å². The number of piperidine rings is 1. The van der Waals surface area contributed by atoms with Gasteiger partial charge in [-0.2, -0.15) is 19.5 Å². The molecule has 1 aliphatic rings. The van der Waals surface area contributed by atoms with Crippen molar-refractivity contribution in [1.82, 2.24) is 50.1 Å². The van der Waals surface area contributed by atoms with Crippen LogP contribution in [-0.2, 0) is 22.7 Å². The van der Waals surface area contributed by atoms with Gasteiger partial charge in [0, 0.05) is 62.8 Å². The molecule has 70 heavy (non-hydrogen) atoms. The molecule has 7 aromatic rings. The standard InChI is InChI=1S/C48H53ClN14O4.CH2O2/c1-29-23-38(54-26-32(29)25-51-18-19-52-41(64)16-9-17-53-47-59-46(50)63-48(60-47)58-43(61-63)40-15-10-22-67-40)44(65)56-36-13-7-11-34(31(36)3)35-12-8-14-37(42(35)49)57-45(66)39-24-30(2)33(27-55-39)28-62-20-5-4-6-21-62;2-1-3/h7-8,10-15,22-24,26-27,51H,4-6,9,16-21,25,28H2,1-3H3,(H,52,64)(H,56,65)(H,57,66)(H3,50,53,58,59,60,61);1H,(H,2,3). The van der Waals surface area contributed by atoms with Gasteiger partial charge in [0.05, 0.1) is 17.0 Å². The number of likely N-dealkylation sites (tertiary alicyclic amines) is 1. The average Bonchev–Trinajstić information content (AvgIpc) is 4.05. The molecule has 20 nitrogen and oxygen atoms in total. The molecule has 0 unspecified atom stereocenters. The fraction of sp³-hybridized carbons (Fsp3) is 0.306. The Morgan fingerprint density at radius 1 is 0.829 bits per heavy atom. The van der Waals surface area contributed by atoms with Gasteiger partial charge in [-0.05, 0) is 123 Å². The molecule has 3 amide bonds. The number of carbonyl (C=O) groups excluding carboxylic acids is 3. The maximum atomic E-state index is 13.5. The number of benzene rings is 2. The highest BCUT2D eigenvalue weighted by Crippen LogP contribution is 2.38. The Hall–Kier alpha value is -7.81. The van der Waals surface area contributed by atoms with Crippen LogP contribution < -0.4 is 32.3 Å². The first-order valence-electron chi connectivity index (χ1n) is 22.8. The lowest BCUT2D eigenvalue weighted by atomic mass is 9.98. The molecule has 2 aromatic carbocycles. The van der Waals surface area contributed by atoms with Crippen molar-refractivity contribution in [2.45, 2.75) is 66.0 Å². The predicted octanol–water partition coefficient (Wildman–Crippen LogP) is 6.69. The lowest BCUT2D eigenvalue weighted by molar-refractivity contribution is -0.123. The summed E-state index contributed by atoms with van der Waals surface area (Å²) in [7, 11) is 0. The summed E-state index contributed by atoms with van der Waals surface area (Å²) in [5.41, 5.74) is 14.0. The van der Waals surface area contributed by atoms with Crippen LogP contribution in [0.2, 0.25) is 5.02 Å². The van der Waals surface area contributed by atoms with Crippen LogP contribution >= 0.6 is 11.6 Å². The Kier molecular flexibility index (Phi) is 17.1. The zero-order valence-electron chi connectivity index (χ0n) is 39.1. The number of furan rings is 1. The number of fused-ring (bicyclic) bond motifs is 1. The maximum absolute atomic E-state index is 13.5. The van der Waals surface area contributed by atoms with Gasteiger partial charge in [0.15, 0.2) is 5.76 Å². The van der Waals surface area contributed by atoms with E-state index in [1.165, 1.54) is 30.0 Å². The fourth-order valence-corrected chi connectivity index (χ4v) is 8.12. The first-order valence-corrected chi connectivity index (χ1v) is 23.2. The normalized spacial score (nSPS) is 12.5. The van der Waals surface area contributed by atoms with Crippen molar-refractivity contribution in [3.8, 4) is 22.7 Å². The summed E-state index contributed by atoms with van der Waals surface area (Å²) >= 11 is 6.96. The van der Waals surface area contributed by atoms with E-state index in [0.29, 0.717) is 78.3 Å². The minimum atomic E-state index is -0.356. The third kappa shape index (κ3) is 12.8. The highest BCUT2D eigenvalue weighted by Gasteiger charge is 2.20. The molecule has 0 radical (unpaired) electrons. The molecule has 6 heterocycles. The molecular weight excluding hydrogens is 916 g/mol. The second-order valence-corrected chi connectivity index (χ2v) is 17.0. The molecule has 0 saturated carbocycles. The number of rotatable bonds is 18. The van der Waals surface area contributed by atoms with Crippen molar-refractivity contribution in [2.75, 3.05) is 54.4 Å². The van der Waals surface area contributed by atoms with Crippen LogP contribution in [0.1, 0.15) is 80.9 Å². The number of hydrogen-bond acceptors (Lipinski definition) is 15. The summed E-state index contributed by atoms with van der Waals surface area (Å²) in [5, 5.41) is 26.8. The van der Waals surface area contributed by atoms with E-state index >= 15 is 0 Å². The lowest BCUT2D eigenvalue weighted by Gasteiger charge is -2.26. The van der Waals surface area contributed by atoms with Crippen molar-refractivity contribution in [2.24, 2.45) is 0 Å². The number of nitrogen functional groups attached to an aromatic ring is 1. The van der Waals surface area contributed by atoms with Crippen LogP contribution in [0.4, 0.5) is 23.3 Å². The molecule has 0 atom stereocenters. The first-order chi connectivity index (χ1) is 33.9. The fourth-order valence-electron chi connectivity index (χ4n) is 7.84. The molecular formula is C49H55ClN14O6. The lowest BCUT2D eigenvalue weighted by Crippen LogP contribution is -2.31. The number of aryl methyl sites for hydroxylation is 2. The smallest absolute Gasteiger partial charge is 0.290 e. The van der Waals surface area contributed by atoms with E-state index in [2.05, 4.69) is 61.5 Å². The number of nitrogens with two attached hydrogens (primary N) is 1. The Morgan fingerprint density at radius 2 is 1.50 bits per heavy atom. The Balaban J connectivity index is 0.00000235. The number of carbonyl (C=O) groups is 4. The zero-order valence-corrected chi connectivity index (χ0v) is 39.8. The van der Waals surface area contributed by atoms with Gasteiger partial charge in [-0.15, -0.1) is 5.10 Å². The summed E-state index contributed by atoms with van der Waals surface area (Å²) in [6.45, 7) is 10.5. The minimum absolute atomic E-state index is 0.0812. The quantitative estimate of drug-likeness (QED) is 0.0349. The van der Waals surface area contributed by atoms with Gasteiger partial charge in [0.25, 0.3) is 24.1 Å². The summed E-state index contributed by atoms with van der Waals surface area (Å²) < 4.78 is 6.68. The number of nitrogens with zero attached hydrogens (tertiary/aromatic N) is 8. The van der Waals surface area contributed by atoms with E-state index in [1.807, 2.05) is 57.2 Å². The number of pyridine rings is 2. The molecule has 1 saturated heterocycles. The van der Waals surface area contributed by atoms with Crippen molar-refractivity contribution < 1.29 is 28.7 Å². The molecule has 1 fully saturated rings. The van der Waals surface area contributed by atoms with Crippen LogP contribution in [0.25, 0.3) is 28.5 Å². The summed E-state index contributed by atoms with van der Waals surface area (Å²) in [5.74, 6) is 0.729. The Bertz CT molecular complexity index is 2960. The van der Waals surface area contributed by atoms with Gasteiger partial charge in [-0.3, -0.25) is 34.0 Å². The maximum Gasteiger partial charge on any atom is 0.290 e. The summed E-state index contributed by atoms with van der Waals surface area (Å²) in [6.07, 6.45) is 9.57. The van der Waals surface area contributed by atoms with Gasteiger partial charge < -0.3 is 41.8 Å². The Labute approximate surface area is 408 Å². The number of halogens is 1. The third-order valence-electron chi connectivity index (χ3n) is 11.6. The van der Waals surface area contributed by atoms with Crippen molar-refractivity contribution in [3.05, 3.63) is 124 Å². The molecule has 8 rings (SSSR count). The van der Waals surface area contributed by atoms with Gasteiger partial charge in [-0.25, -0.2) is 0 Å². The number of amides is 3. The molecule has 0 aliphatic carbocycles. The second-order valence-electron chi connectivity index (χ2n) is 16.6. The molecule has 364 valence electrons. The van der Waals surface area contributed by atoms with E-state index in [0.717, 1.165) is 53.0 Å². The van der Waals surface area contributed by atoms with Crippen molar-refractivity contribution in [3.63, 3.8) is 0 Å². The van der Waals surface area contributed by atoms with E-state index in [1.54, 1.807) is 36.7 Å². The van der Waals surface area contributed by atoms with Crippen LogP contribution in [0.3, 0.4) is 0 Å². The molecule has 8 N–H and O–H groups in total. The SMILES string of the molecule is Cc1cc(C(=O)Nc2cccc(-c3cccc(NC(=O)c4cc(C)c(CN5CCCCC5)cn4)c3Cl)c2C)ncc1CNCCNC(=O)CCCNc1nc(N)n2nc(-c3ccco3)nc2n1.O=CO. The number of nitrogens with one attached hydrogen (secondary N) is 5. The molecule has 0 bridgehead atoms. The van der Waals surface area contributed by atoms with Crippen LogP contribution in [-0.4, -0.2) is 101 Å². The van der Waals surface area contributed by atoms with Gasteiger partial charge in [-0.1, -0.05) is 42.3 Å². The van der Waals surface area contributed by atoms with E-state index in [9.17, 15) is 14.4 Å². The molecule has 5 aromatic heterocycles. The average molecular weight is 972 g/mol. The van der Waals surface area contributed by atoms with Gasteiger partial charge >= 0.3 is 0 Å². The van der Waals surface area contributed by atoms with E-state index < -0.39 is 0 Å². The number of carboxylic acid groups (broad SMARTS) is 1. The van der Waals surface area contributed by atoms with Crippen LogP contribution in [0.5, 0.6) is 0 Å². The largest absolute Gasteiger partial charge is 0.483 e. The number of hydrogen-bond donors (Lipinski definition) is 7. The number of anilines is 4. The molecule has 21 heteroatoms. The summed E-state index contributed by atoms with van der Waals surface area (Å²) in [6, 6.07) is 18.1. The first kappa shape index (κ1) is 50.1. The molecule has 1 aliphatic heterocycles. The highest BCUT2D eigenvalue weighted by atomic mass is 35.5. The second kappa shape index (κ2) is 24.0. The zero-order chi connectivity index (χ0) is 49.6. The van der Waals surface area contributed by atoms with Gasteiger partial charge in [0.2, 0.25) is 23.6 Å². The Morgan fingerprint density at radius 3 is 2.19 bits per heavy atom. The van der Waals surface area contributed by atoms with E-state index in [4.69, 9.17) is 31.7 Å². The van der Waals surface area contributed by atoms with Crippen LogP contribution in [0.15, 0.2) is 83.7 Å². The third-order valence-corrected chi connectivity index (χ3v) is 12.1. The van der Waals surface area contributed by atoms with Crippen LogP contribution in [0, 0.1) is 20.8 Å². The molecule has 0 spiro atoms. The topological polar surface area (TPSA) is 273 Å². The number of aromatic nitrogens is 7. The summed E-state index contributed by atoms with van der Waals surface area (Å²) in [4.78, 5) is 72.0. The van der Waals surface area contributed by atoms with Crippen molar-refractivity contribution >= 4 is 64.8 Å². The van der Waals surface area contributed by atoms with E-state index in [-0.39, 0.29) is 47.6 Å². The predicted molar refractivity (Wildman–Crippen MR) is 266 cm³/mol. The monoisotopic (exact) mass is 970 g/mol. The van der Waals surface area contributed by atoms with Crippen molar-refractivity contribution in [1.29, 1.82) is 0 Å².